The van der Waals surface area contributed by atoms with Gasteiger partial charge in [0.1, 0.15) is 17.2 Å². The average molecular weight is 513 g/mol. The van der Waals surface area contributed by atoms with Crippen LogP contribution in [0.4, 0.5) is 31.9 Å². The molecule has 2 fully saturated rings. The van der Waals surface area contributed by atoms with Crippen LogP contribution in [0, 0.1) is 10.1 Å². The first-order valence-corrected chi connectivity index (χ1v) is 12.2. The molecule has 1 N–H and O–H groups in total. The number of piperidine rings is 2. The van der Waals surface area contributed by atoms with E-state index in [-0.39, 0.29) is 43.0 Å². The molecule has 37 heavy (non-hydrogen) atoms. The minimum atomic E-state index is -1.50. The summed E-state index contributed by atoms with van der Waals surface area (Å²) in [5.74, 6) is 0.112. The summed E-state index contributed by atoms with van der Waals surface area (Å²) in [6, 6.07) is 5.52. The fraction of sp³-hybridized carbons (Fsp3) is 0.423. The molecular formula is C26H30F2N6O3. The van der Waals surface area contributed by atoms with Crippen molar-refractivity contribution in [3.8, 4) is 0 Å². The lowest BCUT2D eigenvalue weighted by molar-refractivity contribution is -0.384. The smallest absolute Gasteiger partial charge is 0.271 e. The van der Waals surface area contributed by atoms with Gasteiger partial charge in [-0.15, -0.1) is 6.58 Å². The number of rotatable bonds is 8. The number of anilines is 3. The predicted octanol–water partition coefficient (Wildman–Crippen LogP) is 5.02. The van der Waals surface area contributed by atoms with Gasteiger partial charge >= 0.3 is 0 Å². The van der Waals surface area contributed by atoms with Gasteiger partial charge in [0.05, 0.1) is 16.2 Å². The Kier molecular flexibility index (Phi) is 7.51. The molecule has 0 saturated carbocycles. The van der Waals surface area contributed by atoms with Crippen molar-refractivity contribution in [2.45, 2.75) is 43.4 Å². The van der Waals surface area contributed by atoms with Gasteiger partial charge in [0.15, 0.2) is 0 Å². The molecule has 2 saturated heterocycles. The molecule has 9 nitrogen and oxygen atoms in total. The Hall–Kier alpha value is -3.89. The van der Waals surface area contributed by atoms with Gasteiger partial charge in [-0.05, 0) is 31.4 Å². The number of alkyl halides is 2. The van der Waals surface area contributed by atoms with Crippen LogP contribution in [0.15, 0.2) is 55.8 Å². The van der Waals surface area contributed by atoms with Gasteiger partial charge in [-0.3, -0.25) is 14.9 Å². The molecule has 0 radical (unpaired) electrons. The molecule has 0 spiro atoms. The number of nitro groups is 1. The van der Waals surface area contributed by atoms with Crippen LogP contribution in [-0.4, -0.2) is 58.3 Å². The zero-order chi connectivity index (χ0) is 26.6. The lowest BCUT2D eigenvalue weighted by Crippen LogP contribution is -2.42. The minimum Gasteiger partial charge on any atom is -0.370 e. The Morgan fingerprint density at radius 1 is 1.11 bits per heavy atom. The maximum Gasteiger partial charge on any atom is 0.271 e. The van der Waals surface area contributed by atoms with Crippen molar-refractivity contribution in [1.82, 2.24) is 9.97 Å². The highest BCUT2D eigenvalue weighted by atomic mass is 19.1. The Morgan fingerprint density at radius 3 is 2.41 bits per heavy atom. The van der Waals surface area contributed by atoms with Crippen LogP contribution in [0.1, 0.15) is 42.5 Å². The second kappa shape index (κ2) is 10.6. The number of allylic oxidation sites excluding steroid dienone is 2. The molecule has 1 aromatic carbocycles. The van der Waals surface area contributed by atoms with E-state index in [0.717, 1.165) is 0 Å². The van der Waals surface area contributed by atoms with Gasteiger partial charge in [-0.1, -0.05) is 18.7 Å². The SMILES string of the molecule is C=CCC1(F)CCN(c2nccc(NC(=O)c3ccc([N+](=O)[O-])cc3N3CCC(F)(C=C)CC3)n2)CC1. The number of carbonyl (C=O) groups is 1. The first-order chi connectivity index (χ1) is 17.6. The topological polar surface area (TPSA) is 104 Å². The van der Waals surface area contributed by atoms with Gasteiger partial charge in [0.2, 0.25) is 5.95 Å². The molecular weight excluding hydrogens is 482 g/mol. The van der Waals surface area contributed by atoms with Crippen molar-refractivity contribution < 1.29 is 18.5 Å². The van der Waals surface area contributed by atoms with Gasteiger partial charge in [0, 0.05) is 57.4 Å². The van der Waals surface area contributed by atoms with E-state index in [2.05, 4.69) is 28.4 Å². The molecule has 4 rings (SSSR count). The maximum atomic E-state index is 14.8. The molecule has 0 unspecified atom stereocenters. The number of nitrogens with one attached hydrogen (secondary N) is 1. The molecule has 196 valence electrons. The summed E-state index contributed by atoms with van der Waals surface area (Å²) in [5, 5.41) is 14.1. The van der Waals surface area contributed by atoms with E-state index in [1.165, 1.54) is 36.5 Å². The highest BCUT2D eigenvalue weighted by molar-refractivity contribution is 6.08. The summed E-state index contributed by atoms with van der Waals surface area (Å²) < 4.78 is 29.4. The summed E-state index contributed by atoms with van der Waals surface area (Å²) in [6.07, 6.45) is 5.67. The highest BCUT2D eigenvalue weighted by Crippen LogP contribution is 2.34. The fourth-order valence-electron chi connectivity index (χ4n) is 4.74. The van der Waals surface area contributed by atoms with Gasteiger partial charge in [0.25, 0.3) is 11.6 Å². The molecule has 1 aromatic heterocycles. The number of benzene rings is 1. The molecule has 0 atom stereocenters. The Balaban J connectivity index is 1.52. The van der Waals surface area contributed by atoms with Crippen molar-refractivity contribution in [2.75, 3.05) is 41.3 Å². The third-order valence-corrected chi connectivity index (χ3v) is 7.07. The van der Waals surface area contributed by atoms with E-state index in [1.54, 1.807) is 11.0 Å². The van der Waals surface area contributed by atoms with Crippen molar-refractivity contribution >= 4 is 29.0 Å². The van der Waals surface area contributed by atoms with Gasteiger partial charge < -0.3 is 15.1 Å². The van der Waals surface area contributed by atoms with Gasteiger partial charge in [-0.2, -0.15) is 4.98 Å². The zero-order valence-electron chi connectivity index (χ0n) is 20.5. The third kappa shape index (κ3) is 5.92. The molecule has 3 heterocycles. The first kappa shape index (κ1) is 26.2. The Bertz CT molecular complexity index is 1190. The van der Waals surface area contributed by atoms with Gasteiger partial charge in [-0.25, -0.2) is 13.8 Å². The number of aromatic nitrogens is 2. The minimum absolute atomic E-state index is 0.165. The average Bonchev–Trinajstić information content (AvgIpc) is 2.89. The number of hydrogen-bond donors (Lipinski definition) is 1. The van der Waals surface area contributed by atoms with Crippen molar-refractivity contribution in [3.05, 3.63) is 71.4 Å². The van der Waals surface area contributed by atoms with Crippen LogP contribution >= 0.6 is 0 Å². The van der Waals surface area contributed by atoms with E-state index in [9.17, 15) is 23.7 Å². The van der Waals surface area contributed by atoms with Crippen molar-refractivity contribution in [3.63, 3.8) is 0 Å². The molecule has 2 aromatic rings. The summed E-state index contributed by atoms with van der Waals surface area (Å²) >= 11 is 0. The number of carbonyl (C=O) groups excluding carboxylic acids is 1. The fourth-order valence-corrected chi connectivity index (χ4v) is 4.74. The number of nitrogens with zero attached hydrogens (tertiary/aromatic N) is 5. The standard InChI is InChI=1S/C26H30F2N6O3/c1-3-8-26(28)11-16-33(17-12-26)24-29-13-7-22(31-24)30-23(35)20-6-5-19(34(36)37)18-21(20)32-14-9-25(27,4-2)10-15-32/h3-7,13,18H,1-2,8-12,14-17H2,(H,29,30,31,35). The van der Waals surface area contributed by atoms with E-state index in [1.807, 2.05) is 4.90 Å². The molecule has 11 heteroatoms. The summed E-state index contributed by atoms with van der Waals surface area (Å²) in [7, 11) is 0. The quantitative estimate of drug-likeness (QED) is 0.301. The molecule has 2 aliphatic heterocycles. The van der Waals surface area contributed by atoms with Crippen molar-refractivity contribution in [1.29, 1.82) is 0 Å². The normalized spacial score (nSPS) is 18.6. The highest BCUT2D eigenvalue weighted by Gasteiger charge is 2.35. The first-order valence-electron chi connectivity index (χ1n) is 12.2. The predicted molar refractivity (Wildman–Crippen MR) is 139 cm³/mol. The molecule has 2 aliphatic rings. The third-order valence-electron chi connectivity index (χ3n) is 7.07. The summed E-state index contributed by atoms with van der Waals surface area (Å²) in [6.45, 7) is 8.60. The van der Waals surface area contributed by atoms with Crippen LogP contribution in [0.2, 0.25) is 0 Å². The van der Waals surface area contributed by atoms with Crippen LogP contribution in [0.3, 0.4) is 0 Å². The molecule has 0 bridgehead atoms. The van der Waals surface area contributed by atoms with Crippen LogP contribution in [0.5, 0.6) is 0 Å². The number of halogens is 2. The number of amides is 1. The second-order valence-electron chi connectivity index (χ2n) is 9.51. The number of hydrogen-bond acceptors (Lipinski definition) is 7. The largest absolute Gasteiger partial charge is 0.370 e. The Morgan fingerprint density at radius 2 is 1.78 bits per heavy atom. The molecule has 1 amide bonds. The lowest BCUT2D eigenvalue weighted by atomic mass is 9.90. The Labute approximate surface area is 214 Å². The van der Waals surface area contributed by atoms with E-state index in [4.69, 9.17) is 0 Å². The summed E-state index contributed by atoms with van der Waals surface area (Å²) in [4.78, 5) is 36.5. The number of nitro benzene ring substituents is 1. The maximum absolute atomic E-state index is 14.8. The lowest BCUT2D eigenvalue weighted by Gasteiger charge is -2.36. The van der Waals surface area contributed by atoms with E-state index < -0.39 is 22.2 Å². The van der Waals surface area contributed by atoms with Crippen LogP contribution in [0.25, 0.3) is 0 Å². The number of non-ortho nitro benzene ring substituents is 1. The second-order valence-corrected chi connectivity index (χ2v) is 9.51. The monoisotopic (exact) mass is 512 g/mol. The van der Waals surface area contributed by atoms with Crippen LogP contribution in [-0.2, 0) is 0 Å². The summed E-state index contributed by atoms with van der Waals surface area (Å²) in [5.41, 5.74) is -2.38. The van der Waals surface area contributed by atoms with E-state index in [0.29, 0.717) is 44.0 Å². The zero-order valence-corrected chi connectivity index (χ0v) is 20.5. The van der Waals surface area contributed by atoms with E-state index >= 15 is 0 Å². The van der Waals surface area contributed by atoms with Crippen molar-refractivity contribution in [2.24, 2.45) is 0 Å². The van der Waals surface area contributed by atoms with Crippen LogP contribution < -0.4 is 15.1 Å². The molecule has 0 aliphatic carbocycles.